The molecular formula is C18H30N2. The first-order valence-electron chi connectivity index (χ1n) is 8.29. The number of nitrogens with one attached hydrogen (secondary N) is 1. The number of benzene rings is 1. The third kappa shape index (κ3) is 3.99. The molecule has 0 spiro atoms. The first kappa shape index (κ1) is 15.4. The summed E-state index contributed by atoms with van der Waals surface area (Å²) in [5, 5.41) is 3.41. The zero-order chi connectivity index (χ0) is 14.4. The van der Waals surface area contributed by atoms with Crippen LogP contribution in [-0.4, -0.2) is 19.6 Å². The van der Waals surface area contributed by atoms with Gasteiger partial charge in [0.05, 0.1) is 0 Å². The Bertz CT molecular complexity index is 414. The molecule has 1 saturated heterocycles. The fourth-order valence-electron chi connectivity index (χ4n) is 3.17. The van der Waals surface area contributed by atoms with Gasteiger partial charge in [-0.1, -0.05) is 26.3 Å². The van der Waals surface area contributed by atoms with Crippen LogP contribution in [0.4, 0.5) is 5.69 Å². The summed E-state index contributed by atoms with van der Waals surface area (Å²) in [7, 11) is 0. The van der Waals surface area contributed by atoms with Crippen LogP contribution < -0.4 is 10.2 Å². The molecule has 0 saturated carbocycles. The van der Waals surface area contributed by atoms with E-state index in [-0.39, 0.29) is 0 Å². The van der Waals surface area contributed by atoms with Crippen molar-refractivity contribution in [3.05, 3.63) is 29.3 Å². The number of anilines is 1. The highest BCUT2D eigenvalue weighted by Gasteiger charge is 2.16. The minimum absolute atomic E-state index is 0.939. The summed E-state index contributed by atoms with van der Waals surface area (Å²) in [5.74, 6) is 0.939. The maximum absolute atomic E-state index is 3.41. The van der Waals surface area contributed by atoms with Crippen molar-refractivity contribution in [3.8, 4) is 0 Å². The average Bonchev–Trinajstić information content (AvgIpc) is 2.71. The van der Waals surface area contributed by atoms with Gasteiger partial charge in [-0.05, 0) is 61.9 Å². The van der Waals surface area contributed by atoms with Gasteiger partial charge in [0.15, 0.2) is 0 Å². The summed E-state index contributed by atoms with van der Waals surface area (Å²) in [4.78, 5) is 2.58. The lowest BCUT2D eigenvalue weighted by Gasteiger charge is -2.24. The molecule has 0 aliphatic carbocycles. The van der Waals surface area contributed by atoms with Gasteiger partial charge in [-0.2, -0.15) is 0 Å². The number of hydrogen-bond donors (Lipinski definition) is 1. The highest BCUT2D eigenvalue weighted by molar-refractivity contribution is 5.51. The lowest BCUT2D eigenvalue weighted by Crippen LogP contribution is -2.24. The predicted molar refractivity (Wildman–Crippen MR) is 88.4 cm³/mol. The molecule has 112 valence electrons. The molecule has 1 aliphatic heterocycles. The highest BCUT2D eigenvalue weighted by Crippen LogP contribution is 2.26. The Morgan fingerprint density at radius 2 is 2.05 bits per heavy atom. The molecule has 0 radical (unpaired) electrons. The quantitative estimate of drug-likeness (QED) is 0.869. The van der Waals surface area contributed by atoms with Crippen LogP contribution >= 0.6 is 0 Å². The molecule has 1 fully saturated rings. The molecule has 2 heteroatoms. The van der Waals surface area contributed by atoms with Crippen LogP contribution in [-0.2, 0) is 6.54 Å². The second-order valence-corrected chi connectivity index (χ2v) is 6.08. The van der Waals surface area contributed by atoms with E-state index in [0.717, 1.165) is 19.0 Å². The molecule has 1 unspecified atom stereocenters. The van der Waals surface area contributed by atoms with E-state index in [9.17, 15) is 0 Å². The zero-order valence-electron chi connectivity index (χ0n) is 13.4. The van der Waals surface area contributed by atoms with E-state index in [1.165, 1.54) is 55.6 Å². The van der Waals surface area contributed by atoms with E-state index in [1.807, 2.05) is 0 Å². The van der Waals surface area contributed by atoms with Gasteiger partial charge >= 0.3 is 0 Å². The monoisotopic (exact) mass is 274 g/mol. The average molecular weight is 274 g/mol. The minimum atomic E-state index is 0.939. The van der Waals surface area contributed by atoms with E-state index in [0.29, 0.717) is 0 Å². The molecule has 2 nitrogen and oxygen atoms in total. The smallest absolute Gasteiger partial charge is 0.0369 e. The molecule has 1 heterocycles. The molecule has 0 amide bonds. The van der Waals surface area contributed by atoms with Crippen molar-refractivity contribution in [3.63, 3.8) is 0 Å². The van der Waals surface area contributed by atoms with Crippen LogP contribution in [0.2, 0.25) is 0 Å². The summed E-state index contributed by atoms with van der Waals surface area (Å²) >= 11 is 0. The Morgan fingerprint density at radius 1 is 1.20 bits per heavy atom. The molecule has 20 heavy (non-hydrogen) atoms. The topological polar surface area (TPSA) is 15.3 Å². The van der Waals surface area contributed by atoms with Gasteiger partial charge in [0.25, 0.3) is 0 Å². The van der Waals surface area contributed by atoms with Crippen molar-refractivity contribution >= 4 is 5.69 Å². The Balaban J connectivity index is 2.03. The van der Waals surface area contributed by atoms with E-state index < -0.39 is 0 Å². The zero-order valence-corrected chi connectivity index (χ0v) is 13.4. The number of hydrogen-bond acceptors (Lipinski definition) is 2. The van der Waals surface area contributed by atoms with E-state index in [2.05, 4.69) is 49.2 Å². The van der Waals surface area contributed by atoms with Crippen molar-refractivity contribution in [1.82, 2.24) is 5.32 Å². The normalized spacial score (nSPS) is 19.9. The molecule has 1 atom stereocenters. The summed E-state index contributed by atoms with van der Waals surface area (Å²) in [6.45, 7) is 11.2. The first-order valence-corrected chi connectivity index (χ1v) is 8.29. The summed E-state index contributed by atoms with van der Waals surface area (Å²) < 4.78 is 0. The predicted octanol–water partition coefficient (Wildman–Crippen LogP) is 4.12. The molecule has 0 bridgehead atoms. The highest BCUT2D eigenvalue weighted by atomic mass is 15.1. The second-order valence-electron chi connectivity index (χ2n) is 6.08. The number of rotatable bonds is 5. The van der Waals surface area contributed by atoms with Gasteiger partial charge in [0.1, 0.15) is 0 Å². The molecular weight excluding hydrogens is 244 g/mol. The minimum Gasteiger partial charge on any atom is -0.372 e. The van der Waals surface area contributed by atoms with Crippen molar-refractivity contribution in [1.29, 1.82) is 0 Å². The Morgan fingerprint density at radius 3 is 2.75 bits per heavy atom. The van der Waals surface area contributed by atoms with Crippen molar-refractivity contribution in [2.24, 2.45) is 5.92 Å². The Hall–Kier alpha value is -1.02. The largest absolute Gasteiger partial charge is 0.372 e. The summed E-state index contributed by atoms with van der Waals surface area (Å²) in [6.07, 6.45) is 5.45. The number of nitrogens with zero attached hydrogens (tertiary/aromatic N) is 1. The van der Waals surface area contributed by atoms with Gasteiger partial charge < -0.3 is 10.2 Å². The van der Waals surface area contributed by atoms with Gasteiger partial charge in [0.2, 0.25) is 0 Å². The Labute approximate surface area is 124 Å². The Kier molecular flexibility index (Phi) is 5.90. The van der Waals surface area contributed by atoms with Crippen LogP contribution in [0.3, 0.4) is 0 Å². The van der Waals surface area contributed by atoms with E-state index in [1.54, 1.807) is 0 Å². The van der Waals surface area contributed by atoms with Crippen LogP contribution in [0, 0.1) is 12.8 Å². The van der Waals surface area contributed by atoms with Crippen LogP contribution in [0.5, 0.6) is 0 Å². The van der Waals surface area contributed by atoms with Gasteiger partial charge in [-0.25, -0.2) is 0 Å². The van der Waals surface area contributed by atoms with E-state index in [4.69, 9.17) is 0 Å². The third-order valence-electron chi connectivity index (χ3n) is 4.68. The lowest BCUT2D eigenvalue weighted by atomic mass is 9.98. The molecule has 1 N–H and O–H groups in total. The van der Waals surface area contributed by atoms with Crippen LogP contribution in [0.1, 0.15) is 50.7 Å². The van der Waals surface area contributed by atoms with Crippen molar-refractivity contribution < 1.29 is 0 Å². The molecule has 1 aromatic carbocycles. The van der Waals surface area contributed by atoms with Gasteiger partial charge in [-0.15, -0.1) is 0 Å². The first-order chi connectivity index (χ1) is 9.74. The summed E-state index contributed by atoms with van der Waals surface area (Å²) in [6, 6.07) is 6.99. The number of aryl methyl sites for hydroxylation is 1. The van der Waals surface area contributed by atoms with Gasteiger partial charge in [0, 0.05) is 25.3 Å². The standard InChI is InChI=1S/C18H30N2/c1-4-16-7-6-11-20(12-10-16)18-9-8-17(14-19-5-2)15(3)13-18/h8-9,13,16,19H,4-7,10-12,14H2,1-3H3. The molecule has 1 aliphatic rings. The SMILES string of the molecule is CCNCc1ccc(N2CCCC(CC)CC2)cc1C. The van der Waals surface area contributed by atoms with Crippen molar-refractivity contribution in [2.75, 3.05) is 24.5 Å². The van der Waals surface area contributed by atoms with Gasteiger partial charge in [-0.3, -0.25) is 0 Å². The van der Waals surface area contributed by atoms with Crippen molar-refractivity contribution in [2.45, 2.75) is 53.0 Å². The molecule has 2 rings (SSSR count). The summed E-state index contributed by atoms with van der Waals surface area (Å²) in [5.41, 5.74) is 4.26. The van der Waals surface area contributed by atoms with Crippen LogP contribution in [0.25, 0.3) is 0 Å². The van der Waals surface area contributed by atoms with Crippen LogP contribution in [0.15, 0.2) is 18.2 Å². The maximum atomic E-state index is 3.41. The fraction of sp³-hybridized carbons (Fsp3) is 0.667. The maximum Gasteiger partial charge on any atom is 0.0369 e. The lowest BCUT2D eigenvalue weighted by molar-refractivity contribution is 0.459. The molecule has 1 aromatic rings. The third-order valence-corrected chi connectivity index (χ3v) is 4.68. The second kappa shape index (κ2) is 7.68. The molecule has 0 aromatic heterocycles. The van der Waals surface area contributed by atoms with E-state index >= 15 is 0 Å². The fourth-order valence-corrected chi connectivity index (χ4v) is 3.17.